The largest absolute Gasteiger partial charge is 0.495 e. The van der Waals surface area contributed by atoms with Crippen LogP contribution in [-0.4, -0.2) is 36.0 Å². The number of halogens is 2. The predicted octanol–water partition coefficient (Wildman–Crippen LogP) is 5.40. The Labute approximate surface area is 203 Å². The van der Waals surface area contributed by atoms with Crippen LogP contribution in [0, 0.1) is 0 Å². The lowest BCUT2D eigenvalue weighted by molar-refractivity contribution is 0.413. The maximum atomic E-state index is 12.9. The SMILES string of the molecule is COc1ccc(Br)cc1-n1c(NS(=O)(=O)CCc2ccc(Cl)cc2)nnc1-c1cccs1. The maximum Gasteiger partial charge on any atom is 0.243 e. The highest BCUT2D eigenvalue weighted by molar-refractivity contribution is 9.10. The van der Waals surface area contributed by atoms with Crippen LogP contribution in [0.2, 0.25) is 5.02 Å². The molecule has 4 aromatic rings. The van der Waals surface area contributed by atoms with E-state index in [-0.39, 0.29) is 11.7 Å². The smallest absolute Gasteiger partial charge is 0.243 e. The van der Waals surface area contributed by atoms with Crippen molar-refractivity contribution in [1.82, 2.24) is 14.8 Å². The van der Waals surface area contributed by atoms with Gasteiger partial charge in [-0.05, 0) is 53.8 Å². The Kier molecular flexibility index (Phi) is 6.85. The van der Waals surface area contributed by atoms with Crippen molar-refractivity contribution in [2.45, 2.75) is 6.42 Å². The number of hydrogen-bond donors (Lipinski definition) is 1. The number of hydrogen-bond acceptors (Lipinski definition) is 6. The first-order valence-electron chi connectivity index (χ1n) is 9.44. The first kappa shape index (κ1) is 22.8. The van der Waals surface area contributed by atoms with Crippen LogP contribution in [0.1, 0.15) is 5.56 Å². The van der Waals surface area contributed by atoms with Gasteiger partial charge in [0.05, 0.1) is 23.4 Å². The Morgan fingerprint density at radius 3 is 2.62 bits per heavy atom. The average molecular weight is 554 g/mol. The fourth-order valence-electron chi connectivity index (χ4n) is 3.08. The van der Waals surface area contributed by atoms with Crippen molar-refractivity contribution in [3.05, 3.63) is 75.0 Å². The van der Waals surface area contributed by atoms with Gasteiger partial charge in [-0.1, -0.05) is 45.7 Å². The van der Waals surface area contributed by atoms with Crippen molar-refractivity contribution in [1.29, 1.82) is 0 Å². The van der Waals surface area contributed by atoms with Gasteiger partial charge in [-0.2, -0.15) is 0 Å². The standard InChI is InChI=1S/C21H18BrClN4O3S2/c1-30-18-9-6-15(22)13-17(18)27-20(19-3-2-11-31-19)24-25-21(27)26-32(28,29)12-10-14-4-7-16(23)8-5-14/h2-9,11,13H,10,12H2,1H3,(H,25,26). The lowest BCUT2D eigenvalue weighted by Crippen LogP contribution is -2.21. The number of benzene rings is 2. The van der Waals surface area contributed by atoms with Crippen LogP contribution in [0.4, 0.5) is 5.95 Å². The zero-order valence-electron chi connectivity index (χ0n) is 16.8. The number of aromatic nitrogens is 3. The molecule has 4 rings (SSSR count). The van der Waals surface area contributed by atoms with Crippen molar-refractivity contribution < 1.29 is 13.2 Å². The fourth-order valence-corrected chi connectivity index (χ4v) is 5.27. The van der Waals surface area contributed by atoms with Crippen LogP contribution >= 0.6 is 38.9 Å². The third kappa shape index (κ3) is 5.15. The Bertz CT molecular complexity index is 1320. The van der Waals surface area contributed by atoms with E-state index in [2.05, 4.69) is 30.8 Å². The average Bonchev–Trinajstić information content (AvgIpc) is 3.43. The summed E-state index contributed by atoms with van der Waals surface area (Å²) in [7, 11) is -2.16. The number of rotatable bonds is 8. The van der Waals surface area contributed by atoms with Crippen molar-refractivity contribution in [2.24, 2.45) is 0 Å². The van der Waals surface area contributed by atoms with Gasteiger partial charge in [0, 0.05) is 9.50 Å². The van der Waals surface area contributed by atoms with E-state index in [0.717, 1.165) is 14.9 Å². The molecule has 0 saturated heterocycles. The number of thiophene rings is 1. The molecule has 2 aromatic heterocycles. The van der Waals surface area contributed by atoms with Crippen molar-refractivity contribution >= 4 is 54.8 Å². The summed E-state index contributed by atoms with van der Waals surface area (Å²) >= 11 is 10.9. The van der Waals surface area contributed by atoms with Gasteiger partial charge in [-0.15, -0.1) is 21.5 Å². The lowest BCUT2D eigenvalue weighted by Gasteiger charge is -2.15. The number of anilines is 1. The molecule has 7 nitrogen and oxygen atoms in total. The molecule has 11 heteroatoms. The van der Waals surface area contributed by atoms with Crippen LogP contribution in [-0.2, 0) is 16.4 Å². The molecule has 0 fully saturated rings. The van der Waals surface area contributed by atoms with Gasteiger partial charge in [0.2, 0.25) is 16.0 Å². The number of nitrogens with one attached hydrogen (secondary N) is 1. The topological polar surface area (TPSA) is 86.1 Å². The molecule has 0 aliphatic rings. The van der Waals surface area contributed by atoms with Gasteiger partial charge < -0.3 is 4.74 Å². The molecule has 0 atom stereocenters. The first-order valence-corrected chi connectivity index (χ1v) is 13.1. The maximum absolute atomic E-state index is 12.9. The molecule has 0 radical (unpaired) electrons. The molecule has 0 unspecified atom stereocenters. The molecule has 166 valence electrons. The van der Waals surface area contributed by atoms with E-state index < -0.39 is 10.0 Å². The van der Waals surface area contributed by atoms with Crippen LogP contribution < -0.4 is 9.46 Å². The van der Waals surface area contributed by atoms with E-state index in [9.17, 15) is 8.42 Å². The molecule has 0 bridgehead atoms. The summed E-state index contributed by atoms with van der Waals surface area (Å²) < 4.78 is 36.3. The summed E-state index contributed by atoms with van der Waals surface area (Å²) in [6.45, 7) is 0. The summed E-state index contributed by atoms with van der Waals surface area (Å²) in [4.78, 5) is 0.839. The first-order chi connectivity index (χ1) is 15.4. The molecule has 0 amide bonds. The second kappa shape index (κ2) is 9.62. The van der Waals surface area contributed by atoms with E-state index in [0.29, 0.717) is 28.7 Å². The zero-order chi connectivity index (χ0) is 22.7. The third-order valence-electron chi connectivity index (χ3n) is 4.61. The van der Waals surface area contributed by atoms with E-state index in [1.807, 2.05) is 41.8 Å². The van der Waals surface area contributed by atoms with Crippen LogP contribution in [0.15, 0.2) is 64.5 Å². The highest BCUT2D eigenvalue weighted by atomic mass is 79.9. The number of methoxy groups -OCH3 is 1. The molecule has 2 heterocycles. The summed E-state index contributed by atoms with van der Waals surface area (Å²) in [6.07, 6.45) is 0.332. The van der Waals surface area contributed by atoms with E-state index in [1.165, 1.54) is 11.3 Å². The minimum atomic E-state index is -3.71. The zero-order valence-corrected chi connectivity index (χ0v) is 20.8. The quantitative estimate of drug-likeness (QED) is 0.316. The van der Waals surface area contributed by atoms with Gasteiger partial charge in [0.1, 0.15) is 5.75 Å². The van der Waals surface area contributed by atoms with Crippen molar-refractivity contribution in [3.8, 4) is 22.1 Å². The minimum absolute atomic E-state index is 0.0842. The van der Waals surface area contributed by atoms with Gasteiger partial charge in [-0.3, -0.25) is 9.29 Å². The van der Waals surface area contributed by atoms with E-state index >= 15 is 0 Å². The number of nitrogens with zero attached hydrogens (tertiary/aromatic N) is 3. The van der Waals surface area contributed by atoms with Gasteiger partial charge in [-0.25, -0.2) is 8.42 Å². The summed E-state index contributed by atoms with van der Waals surface area (Å²) in [5, 5.41) is 10.9. The van der Waals surface area contributed by atoms with Gasteiger partial charge in [0.15, 0.2) is 5.82 Å². The molecule has 0 aliphatic carbocycles. The molecule has 1 N–H and O–H groups in total. The van der Waals surface area contributed by atoms with Crippen LogP contribution in [0.25, 0.3) is 16.4 Å². The summed E-state index contributed by atoms with van der Waals surface area (Å²) in [5.41, 5.74) is 1.47. The van der Waals surface area contributed by atoms with E-state index in [1.54, 1.807) is 29.9 Å². The Morgan fingerprint density at radius 1 is 1.16 bits per heavy atom. The van der Waals surface area contributed by atoms with Crippen molar-refractivity contribution in [2.75, 3.05) is 17.6 Å². The molecule has 0 spiro atoms. The minimum Gasteiger partial charge on any atom is -0.495 e. The second-order valence-electron chi connectivity index (χ2n) is 6.77. The van der Waals surface area contributed by atoms with Crippen LogP contribution in [0.3, 0.4) is 0 Å². The van der Waals surface area contributed by atoms with E-state index in [4.69, 9.17) is 16.3 Å². The molecule has 0 aliphatic heterocycles. The Balaban J connectivity index is 1.70. The molecule has 0 saturated carbocycles. The number of aryl methyl sites for hydroxylation is 1. The highest BCUT2D eigenvalue weighted by Gasteiger charge is 2.23. The Hall–Kier alpha value is -2.40. The normalized spacial score (nSPS) is 11.5. The van der Waals surface area contributed by atoms with Crippen molar-refractivity contribution in [3.63, 3.8) is 0 Å². The second-order valence-corrected chi connectivity index (χ2v) is 10.9. The van der Waals surface area contributed by atoms with Gasteiger partial charge >= 0.3 is 0 Å². The van der Waals surface area contributed by atoms with Gasteiger partial charge in [0.25, 0.3) is 0 Å². The highest BCUT2D eigenvalue weighted by Crippen LogP contribution is 2.34. The predicted molar refractivity (Wildman–Crippen MR) is 131 cm³/mol. The third-order valence-corrected chi connectivity index (χ3v) is 7.45. The number of ether oxygens (including phenoxy) is 1. The lowest BCUT2D eigenvalue weighted by atomic mass is 10.2. The monoisotopic (exact) mass is 552 g/mol. The summed E-state index contributed by atoms with van der Waals surface area (Å²) in [5.74, 6) is 1.02. The number of sulfonamides is 1. The molecular weight excluding hydrogens is 536 g/mol. The molecular formula is C21H18BrClN4O3S2. The Morgan fingerprint density at radius 2 is 1.94 bits per heavy atom. The van der Waals surface area contributed by atoms with Crippen LogP contribution in [0.5, 0.6) is 5.75 Å². The molecule has 2 aromatic carbocycles. The fraction of sp³-hybridized carbons (Fsp3) is 0.143. The molecule has 32 heavy (non-hydrogen) atoms. The summed E-state index contributed by atoms with van der Waals surface area (Å²) in [6, 6.07) is 16.3.